The number of amides is 2. The van der Waals surface area contributed by atoms with E-state index in [2.05, 4.69) is 10.6 Å². The van der Waals surface area contributed by atoms with Crippen molar-refractivity contribution >= 4 is 39.8 Å². The molecule has 3 rings (SSSR count). The van der Waals surface area contributed by atoms with Gasteiger partial charge in [0.2, 0.25) is 0 Å². The van der Waals surface area contributed by atoms with E-state index < -0.39 is 11.9 Å². The summed E-state index contributed by atoms with van der Waals surface area (Å²) in [5.41, 5.74) is 2.18. The highest BCUT2D eigenvalue weighted by atomic mass is 32.1. The first-order valence-corrected chi connectivity index (χ1v) is 10.2. The molecule has 0 aliphatic heterocycles. The number of aryl methyl sites for hydroxylation is 2. The molecule has 0 aliphatic carbocycles. The lowest BCUT2D eigenvalue weighted by Gasteiger charge is -2.07. The van der Waals surface area contributed by atoms with E-state index in [1.54, 1.807) is 39.0 Å². The van der Waals surface area contributed by atoms with E-state index in [1.165, 1.54) is 0 Å². The number of carbonyl (C=O) groups is 3. The van der Waals surface area contributed by atoms with Crippen LogP contribution in [0.15, 0.2) is 40.8 Å². The number of ether oxygens (including phenoxy) is 1. The van der Waals surface area contributed by atoms with E-state index in [0.717, 1.165) is 16.9 Å². The zero-order valence-corrected chi connectivity index (χ0v) is 17.9. The molecule has 8 heteroatoms. The van der Waals surface area contributed by atoms with Crippen molar-refractivity contribution in [2.24, 2.45) is 0 Å². The Morgan fingerprint density at radius 2 is 1.73 bits per heavy atom. The number of carbonyl (C=O) groups excluding carboxylic acids is 3. The van der Waals surface area contributed by atoms with Gasteiger partial charge in [-0.1, -0.05) is 18.2 Å². The van der Waals surface area contributed by atoms with Crippen LogP contribution in [0.3, 0.4) is 0 Å². The minimum Gasteiger partial charge on any atom is -0.462 e. The molecule has 0 saturated heterocycles. The standard InChI is InChI=1S/C22H22N2O5S/c1-5-28-22(27)17-14(4)18(20(26)23-15-9-7-6-8-12(15)2)30-21(17)24-19(25)16-11-10-13(3)29-16/h6-11H,5H2,1-4H3,(H,23,26)(H,24,25). The molecule has 1 aromatic carbocycles. The third kappa shape index (κ3) is 4.44. The van der Waals surface area contributed by atoms with Gasteiger partial charge >= 0.3 is 5.97 Å². The van der Waals surface area contributed by atoms with Crippen molar-refractivity contribution in [3.8, 4) is 0 Å². The second kappa shape index (κ2) is 8.96. The molecule has 2 amide bonds. The number of hydrogen-bond donors (Lipinski definition) is 2. The number of furan rings is 1. The first-order valence-electron chi connectivity index (χ1n) is 9.37. The molecule has 0 bridgehead atoms. The summed E-state index contributed by atoms with van der Waals surface area (Å²) in [5.74, 6) is -0.787. The maximum absolute atomic E-state index is 12.9. The molecule has 156 valence electrons. The summed E-state index contributed by atoms with van der Waals surface area (Å²) in [5, 5.41) is 5.77. The first-order chi connectivity index (χ1) is 14.3. The molecule has 0 spiro atoms. The molecular formula is C22H22N2O5S. The Morgan fingerprint density at radius 1 is 1.00 bits per heavy atom. The van der Waals surface area contributed by atoms with Crippen LogP contribution >= 0.6 is 11.3 Å². The van der Waals surface area contributed by atoms with E-state index >= 15 is 0 Å². The van der Waals surface area contributed by atoms with Crippen LogP contribution in [0.2, 0.25) is 0 Å². The van der Waals surface area contributed by atoms with E-state index in [-0.39, 0.29) is 28.8 Å². The zero-order chi connectivity index (χ0) is 21.8. The summed E-state index contributed by atoms with van der Waals surface area (Å²) in [7, 11) is 0. The summed E-state index contributed by atoms with van der Waals surface area (Å²) in [6.45, 7) is 7.13. The second-order valence-corrected chi connectivity index (χ2v) is 7.63. The molecule has 7 nitrogen and oxygen atoms in total. The highest BCUT2D eigenvalue weighted by molar-refractivity contribution is 7.19. The third-order valence-electron chi connectivity index (χ3n) is 4.42. The smallest absolute Gasteiger partial charge is 0.341 e. The molecule has 2 heterocycles. The van der Waals surface area contributed by atoms with Crippen molar-refractivity contribution in [1.82, 2.24) is 0 Å². The number of esters is 1. The highest BCUT2D eigenvalue weighted by Gasteiger charge is 2.27. The summed E-state index contributed by atoms with van der Waals surface area (Å²) in [6.07, 6.45) is 0. The van der Waals surface area contributed by atoms with Crippen molar-refractivity contribution in [3.63, 3.8) is 0 Å². The minimum atomic E-state index is -0.605. The van der Waals surface area contributed by atoms with Crippen molar-refractivity contribution in [2.45, 2.75) is 27.7 Å². The van der Waals surface area contributed by atoms with Gasteiger partial charge in [0, 0.05) is 5.69 Å². The molecule has 0 aliphatic rings. The minimum absolute atomic E-state index is 0.110. The van der Waals surface area contributed by atoms with Crippen LogP contribution in [0, 0.1) is 20.8 Å². The predicted octanol–water partition coefficient (Wildman–Crippen LogP) is 4.95. The average molecular weight is 426 g/mol. The van der Waals surface area contributed by atoms with E-state index in [1.807, 2.05) is 25.1 Å². The molecular weight excluding hydrogens is 404 g/mol. The number of rotatable bonds is 6. The van der Waals surface area contributed by atoms with Crippen LogP contribution in [0.4, 0.5) is 10.7 Å². The van der Waals surface area contributed by atoms with Crippen LogP contribution < -0.4 is 10.6 Å². The third-order valence-corrected chi connectivity index (χ3v) is 5.62. The maximum Gasteiger partial charge on any atom is 0.341 e. The monoisotopic (exact) mass is 426 g/mol. The van der Waals surface area contributed by atoms with Crippen LogP contribution in [0.25, 0.3) is 0 Å². The predicted molar refractivity (Wildman–Crippen MR) is 116 cm³/mol. The highest BCUT2D eigenvalue weighted by Crippen LogP contribution is 2.35. The van der Waals surface area contributed by atoms with Crippen LogP contribution in [0.1, 0.15) is 54.4 Å². The van der Waals surface area contributed by atoms with Crippen LogP contribution in [0.5, 0.6) is 0 Å². The Labute approximate surface area is 178 Å². The van der Waals surface area contributed by atoms with E-state index in [9.17, 15) is 14.4 Å². The number of thiophene rings is 1. The largest absolute Gasteiger partial charge is 0.462 e. The normalized spacial score (nSPS) is 10.5. The van der Waals surface area contributed by atoms with Gasteiger partial charge in [-0.25, -0.2) is 4.79 Å². The van der Waals surface area contributed by atoms with Crippen molar-refractivity contribution in [2.75, 3.05) is 17.2 Å². The molecule has 30 heavy (non-hydrogen) atoms. The van der Waals surface area contributed by atoms with Gasteiger partial charge in [0.1, 0.15) is 10.8 Å². The lowest BCUT2D eigenvalue weighted by molar-refractivity contribution is 0.0527. The zero-order valence-electron chi connectivity index (χ0n) is 17.1. The van der Waals surface area contributed by atoms with Crippen LogP contribution in [-0.4, -0.2) is 24.4 Å². The van der Waals surface area contributed by atoms with Gasteiger partial charge in [-0.15, -0.1) is 11.3 Å². The second-order valence-electron chi connectivity index (χ2n) is 6.61. The Balaban J connectivity index is 1.95. The average Bonchev–Trinajstić information content (AvgIpc) is 3.27. The number of hydrogen-bond acceptors (Lipinski definition) is 6. The van der Waals surface area contributed by atoms with Gasteiger partial charge in [-0.05, 0) is 57.0 Å². The summed E-state index contributed by atoms with van der Waals surface area (Å²) >= 11 is 1.02. The first kappa shape index (κ1) is 21.3. The topological polar surface area (TPSA) is 97.6 Å². The van der Waals surface area contributed by atoms with Crippen LogP contribution in [-0.2, 0) is 4.74 Å². The molecule has 2 N–H and O–H groups in total. The number of anilines is 2. The maximum atomic E-state index is 12.9. The molecule has 3 aromatic rings. The van der Waals surface area contributed by atoms with Gasteiger partial charge in [0.25, 0.3) is 11.8 Å². The van der Waals surface area contributed by atoms with Crippen molar-refractivity contribution in [1.29, 1.82) is 0 Å². The number of benzene rings is 1. The SMILES string of the molecule is CCOC(=O)c1c(NC(=O)c2ccc(C)o2)sc(C(=O)Nc2ccccc2C)c1C. The number of nitrogens with one attached hydrogen (secondary N) is 2. The molecule has 2 aromatic heterocycles. The molecule has 0 radical (unpaired) electrons. The molecule has 0 atom stereocenters. The summed E-state index contributed by atoms with van der Waals surface area (Å²) in [4.78, 5) is 38.3. The Kier molecular flexibility index (Phi) is 6.37. The van der Waals surface area contributed by atoms with Gasteiger partial charge in [-0.3, -0.25) is 9.59 Å². The molecule has 0 fully saturated rings. The number of para-hydroxylation sites is 1. The van der Waals surface area contributed by atoms with E-state index in [0.29, 0.717) is 21.9 Å². The Bertz CT molecular complexity index is 1110. The lowest BCUT2D eigenvalue weighted by Crippen LogP contribution is -2.15. The molecule has 0 saturated carbocycles. The van der Waals surface area contributed by atoms with Gasteiger partial charge in [0.05, 0.1) is 17.0 Å². The van der Waals surface area contributed by atoms with Gasteiger partial charge in [-0.2, -0.15) is 0 Å². The summed E-state index contributed by atoms with van der Waals surface area (Å²) < 4.78 is 10.5. The fourth-order valence-corrected chi connectivity index (χ4v) is 3.97. The Hall–Kier alpha value is -3.39. The van der Waals surface area contributed by atoms with Crippen molar-refractivity contribution < 1.29 is 23.5 Å². The summed E-state index contributed by atoms with van der Waals surface area (Å²) in [6, 6.07) is 10.6. The molecule has 0 unspecified atom stereocenters. The van der Waals surface area contributed by atoms with Gasteiger partial charge < -0.3 is 19.8 Å². The van der Waals surface area contributed by atoms with Crippen molar-refractivity contribution in [3.05, 3.63) is 69.5 Å². The quantitative estimate of drug-likeness (QED) is 0.544. The Morgan fingerprint density at radius 3 is 2.37 bits per heavy atom. The van der Waals surface area contributed by atoms with Gasteiger partial charge in [0.15, 0.2) is 5.76 Å². The fraction of sp³-hybridized carbons (Fsp3) is 0.227. The fourth-order valence-electron chi connectivity index (χ4n) is 2.88. The van der Waals surface area contributed by atoms with E-state index in [4.69, 9.17) is 9.15 Å². The lowest BCUT2D eigenvalue weighted by atomic mass is 10.1.